The predicted molar refractivity (Wildman–Crippen MR) is 74.6 cm³/mol. The van der Waals surface area contributed by atoms with Crippen molar-refractivity contribution in [2.75, 3.05) is 13.2 Å². The lowest BCUT2D eigenvalue weighted by Gasteiger charge is -2.04. The van der Waals surface area contributed by atoms with Gasteiger partial charge in [0.1, 0.15) is 0 Å². The SMILES string of the molecule is Cc1cccc(COCCCCCN=C=S)c1. The largest absolute Gasteiger partial charge is 0.377 e. The van der Waals surface area contributed by atoms with E-state index in [1.54, 1.807) is 0 Å². The predicted octanol–water partition coefficient (Wildman–Crippen LogP) is 3.78. The Balaban J connectivity index is 2.02. The van der Waals surface area contributed by atoms with E-state index in [1.165, 1.54) is 11.1 Å². The van der Waals surface area contributed by atoms with Gasteiger partial charge < -0.3 is 4.74 Å². The van der Waals surface area contributed by atoms with E-state index in [4.69, 9.17) is 4.74 Å². The van der Waals surface area contributed by atoms with E-state index >= 15 is 0 Å². The number of ether oxygens (including phenoxy) is 1. The molecule has 0 N–H and O–H groups in total. The number of aliphatic imine (C=N–C) groups is 1. The van der Waals surface area contributed by atoms with Crippen molar-refractivity contribution in [3.05, 3.63) is 35.4 Å². The van der Waals surface area contributed by atoms with Gasteiger partial charge in [-0.05, 0) is 44.0 Å². The van der Waals surface area contributed by atoms with Gasteiger partial charge in [0.25, 0.3) is 0 Å². The highest BCUT2D eigenvalue weighted by atomic mass is 32.1. The van der Waals surface area contributed by atoms with Gasteiger partial charge in [0.05, 0.1) is 11.8 Å². The Bertz CT molecular complexity index is 372. The Kier molecular flexibility index (Phi) is 7.48. The summed E-state index contributed by atoms with van der Waals surface area (Å²) in [5.74, 6) is 0. The molecular weight excluding hydrogens is 230 g/mol. The van der Waals surface area contributed by atoms with E-state index < -0.39 is 0 Å². The first kappa shape index (κ1) is 14.0. The third-order valence-electron chi connectivity index (χ3n) is 2.47. The molecule has 0 atom stereocenters. The first-order chi connectivity index (χ1) is 8.33. The smallest absolute Gasteiger partial charge is 0.0716 e. The Morgan fingerprint density at radius 1 is 1.29 bits per heavy atom. The number of benzene rings is 1. The van der Waals surface area contributed by atoms with Crippen molar-refractivity contribution in [3.8, 4) is 0 Å². The van der Waals surface area contributed by atoms with Crippen molar-refractivity contribution in [2.45, 2.75) is 32.8 Å². The standard InChI is InChI=1S/C14H19NOS/c1-13-6-5-7-14(10-13)11-16-9-4-2-3-8-15-12-17/h5-7,10H,2-4,8-9,11H2,1H3. The number of hydrogen-bond donors (Lipinski definition) is 0. The molecule has 0 saturated heterocycles. The van der Waals surface area contributed by atoms with Crippen molar-refractivity contribution in [1.29, 1.82) is 0 Å². The summed E-state index contributed by atoms with van der Waals surface area (Å²) in [6.45, 7) is 4.41. The van der Waals surface area contributed by atoms with Gasteiger partial charge in [0.15, 0.2) is 0 Å². The van der Waals surface area contributed by atoms with Gasteiger partial charge in [-0.25, -0.2) is 4.99 Å². The molecular formula is C14H19NOS. The van der Waals surface area contributed by atoms with Crippen LogP contribution in [-0.2, 0) is 11.3 Å². The molecule has 92 valence electrons. The highest BCUT2D eigenvalue weighted by Gasteiger charge is 1.94. The second-order valence-corrected chi connectivity index (χ2v) is 4.26. The van der Waals surface area contributed by atoms with Crippen molar-refractivity contribution in [2.24, 2.45) is 4.99 Å². The lowest BCUT2D eigenvalue weighted by Crippen LogP contribution is -1.96. The van der Waals surface area contributed by atoms with Gasteiger partial charge in [-0.1, -0.05) is 29.8 Å². The summed E-state index contributed by atoms with van der Waals surface area (Å²) in [6, 6.07) is 8.42. The zero-order chi connectivity index (χ0) is 12.3. The van der Waals surface area contributed by atoms with Gasteiger partial charge in [-0.2, -0.15) is 0 Å². The molecule has 0 amide bonds. The van der Waals surface area contributed by atoms with Gasteiger partial charge in [0.2, 0.25) is 0 Å². The summed E-state index contributed by atoms with van der Waals surface area (Å²) in [7, 11) is 0. The third kappa shape index (κ3) is 7.01. The average Bonchev–Trinajstić information content (AvgIpc) is 2.33. The monoisotopic (exact) mass is 249 g/mol. The maximum absolute atomic E-state index is 5.61. The van der Waals surface area contributed by atoms with Crippen molar-refractivity contribution in [1.82, 2.24) is 0 Å². The Morgan fingerprint density at radius 2 is 2.18 bits per heavy atom. The number of isothiocyanates is 1. The van der Waals surface area contributed by atoms with Crippen molar-refractivity contribution in [3.63, 3.8) is 0 Å². The molecule has 0 spiro atoms. The number of thiocarbonyl (C=S) groups is 1. The maximum Gasteiger partial charge on any atom is 0.0716 e. The van der Waals surface area contributed by atoms with Crippen molar-refractivity contribution < 1.29 is 4.74 Å². The zero-order valence-electron chi connectivity index (χ0n) is 10.3. The summed E-state index contributed by atoms with van der Waals surface area (Å²) < 4.78 is 5.61. The molecule has 0 aliphatic carbocycles. The van der Waals surface area contributed by atoms with Crippen LogP contribution in [0.4, 0.5) is 0 Å². The minimum atomic E-state index is 0.708. The van der Waals surface area contributed by atoms with Crippen LogP contribution < -0.4 is 0 Å². The summed E-state index contributed by atoms with van der Waals surface area (Å²) in [4.78, 5) is 3.87. The van der Waals surface area contributed by atoms with Crippen LogP contribution in [-0.4, -0.2) is 18.3 Å². The van der Waals surface area contributed by atoms with Crippen molar-refractivity contribution >= 4 is 17.4 Å². The molecule has 0 aliphatic rings. The van der Waals surface area contributed by atoms with Crippen LogP contribution in [0.3, 0.4) is 0 Å². The lowest BCUT2D eigenvalue weighted by atomic mass is 10.1. The second kappa shape index (κ2) is 9.06. The molecule has 3 heteroatoms. The molecule has 1 rings (SSSR count). The lowest BCUT2D eigenvalue weighted by molar-refractivity contribution is 0.117. The fourth-order valence-corrected chi connectivity index (χ4v) is 1.70. The van der Waals surface area contributed by atoms with E-state index in [9.17, 15) is 0 Å². The molecule has 1 aromatic rings. The Hall–Kier alpha value is -1.02. The zero-order valence-corrected chi connectivity index (χ0v) is 11.1. The van der Waals surface area contributed by atoms with E-state index in [-0.39, 0.29) is 0 Å². The molecule has 0 radical (unpaired) electrons. The molecule has 0 aliphatic heterocycles. The topological polar surface area (TPSA) is 21.6 Å². The fourth-order valence-electron chi connectivity index (χ4n) is 1.61. The van der Waals surface area contributed by atoms with Crippen LogP contribution in [0.25, 0.3) is 0 Å². The fraction of sp³-hybridized carbons (Fsp3) is 0.500. The third-order valence-corrected chi connectivity index (χ3v) is 2.60. The molecule has 0 aromatic heterocycles. The number of nitrogens with zero attached hydrogens (tertiary/aromatic N) is 1. The van der Waals surface area contributed by atoms with Crippen LogP contribution >= 0.6 is 12.2 Å². The summed E-state index contributed by atoms with van der Waals surface area (Å²) in [5, 5.41) is 2.37. The van der Waals surface area contributed by atoms with E-state index in [0.29, 0.717) is 6.61 Å². The minimum absolute atomic E-state index is 0.708. The van der Waals surface area contributed by atoms with Crippen LogP contribution in [0.1, 0.15) is 30.4 Å². The summed E-state index contributed by atoms with van der Waals surface area (Å²) >= 11 is 4.49. The highest BCUT2D eigenvalue weighted by Crippen LogP contribution is 2.06. The van der Waals surface area contributed by atoms with Crippen LogP contribution in [0.5, 0.6) is 0 Å². The molecule has 0 heterocycles. The van der Waals surface area contributed by atoms with E-state index in [2.05, 4.69) is 53.6 Å². The average molecular weight is 249 g/mol. The van der Waals surface area contributed by atoms with Gasteiger partial charge >= 0.3 is 0 Å². The first-order valence-electron chi connectivity index (χ1n) is 6.00. The van der Waals surface area contributed by atoms with Crippen LogP contribution in [0.2, 0.25) is 0 Å². The first-order valence-corrected chi connectivity index (χ1v) is 6.40. The summed E-state index contributed by atoms with van der Waals surface area (Å²) in [6.07, 6.45) is 3.28. The van der Waals surface area contributed by atoms with Gasteiger partial charge in [-0.3, -0.25) is 0 Å². The number of unbranched alkanes of at least 4 members (excludes halogenated alkanes) is 2. The Morgan fingerprint density at radius 3 is 2.94 bits per heavy atom. The minimum Gasteiger partial charge on any atom is -0.377 e. The summed E-state index contributed by atoms with van der Waals surface area (Å²) in [5.41, 5.74) is 2.53. The number of hydrogen-bond acceptors (Lipinski definition) is 3. The molecule has 0 saturated carbocycles. The van der Waals surface area contributed by atoms with Crippen LogP contribution in [0, 0.1) is 6.92 Å². The highest BCUT2D eigenvalue weighted by molar-refractivity contribution is 7.78. The quantitative estimate of drug-likeness (QED) is 0.397. The molecule has 0 bridgehead atoms. The molecule has 0 unspecified atom stereocenters. The molecule has 2 nitrogen and oxygen atoms in total. The van der Waals surface area contributed by atoms with Crippen LogP contribution in [0.15, 0.2) is 29.3 Å². The van der Waals surface area contributed by atoms with E-state index in [1.807, 2.05) is 0 Å². The molecule has 1 aromatic carbocycles. The number of rotatable bonds is 8. The van der Waals surface area contributed by atoms with Gasteiger partial charge in [-0.15, -0.1) is 0 Å². The maximum atomic E-state index is 5.61. The molecule has 17 heavy (non-hydrogen) atoms. The number of aryl methyl sites for hydroxylation is 1. The second-order valence-electron chi connectivity index (χ2n) is 4.08. The van der Waals surface area contributed by atoms with Gasteiger partial charge in [0, 0.05) is 13.2 Å². The van der Waals surface area contributed by atoms with E-state index in [0.717, 1.165) is 32.4 Å². The normalized spacial score (nSPS) is 9.94. The molecule has 0 fully saturated rings. The Labute approximate surface area is 109 Å².